The molecule has 2 heterocycles. The van der Waals surface area contributed by atoms with Gasteiger partial charge in [0.1, 0.15) is 4.90 Å². The van der Waals surface area contributed by atoms with Gasteiger partial charge in [0.05, 0.1) is 23.1 Å². The fourth-order valence-corrected chi connectivity index (χ4v) is 4.04. The molecule has 0 atom stereocenters. The zero-order valence-electron chi connectivity index (χ0n) is 13.5. The SMILES string of the molecule is Cc1ccc(S(=O)(=O)Nc2cnc3c(cnn3C(C)C)c2)c(Cl)c1. The Morgan fingerprint density at radius 1 is 1.21 bits per heavy atom. The third-order valence-corrected chi connectivity index (χ3v) is 5.42. The lowest BCUT2D eigenvalue weighted by atomic mass is 10.2. The first kappa shape index (κ1) is 16.7. The number of pyridine rings is 1. The molecule has 3 rings (SSSR count). The number of halogens is 1. The number of benzene rings is 1. The number of sulfonamides is 1. The fraction of sp³-hybridized carbons (Fsp3) is 0.250. The van der Waals surface area contributed by atoms with Crippen molar-refractivity contribution in [1.82, 2.24) is 14.8 Å². The van der Waals surface area contributed by atoms with Crippen LogP contribution in [0.15, 0.2) is 41.6 Å². The monoisotopic (exact) mass is 364 g/mol. The maximum Gasteiger partial charge on any atom is 0.263 e. The smallest absolute Gasteiger partial charge is 0.263 e. The first-order valence-corrected chi connectivity index (χ1v) is 9.26. The third kappa shape index (κ3) is 3.09. The van der Waals surface area contributed by atoms with Crippen molar-refractivity contribution in [3.63, 3.8) is 0 Å². The van der Waals surface area contributed by atoms with E-state index in [2.05, 4.69) is 14.8 Å². The number of rotatable bonds is 4. The molecule has 3 aromatic rings. The Balaban J connectivity index is 1.96. The predicted octanol–water partition coefficient (Wildman–Crippen LogP) is 3.77. The topological polar surface area (TPSA) is 76.9 Å². The summed E-state index contributed by atoms with van der Waals surface area (Å²) in [7, 11) is -3.79. The molecular formula is C16H17ClN4O2S. The van der Waals surface area contributed by atoms with Crippen LogP contribution in [0, 0.1) is 6.92 Å². The van der Waals surface area contributed by atoms with Gasteiger partial charge in [0.2, 0.25) is 0 Å². The molecule has 24 heavy (non-hydrogen) atoms. The normalized spacial score (nSPS) is 12.0. The van der Waals surface area contributed by atoms with Crippen LogP contribution in [0.4, 0.5) is 5.69 Å². The number of aromatic nitrogens is 3. The largest absolute Gasteiger partial charge is 0.278 e. The second-order valence-electron chi connectivity index (χ2n) is 5.86. The minimum Gasteiger partial charge on any atom is -0.278 e. The highest BCUT2D eigenvalue weighted by Crippen LogP contribution is 2.26. The molecule has 1 aromatic carbocycles. The number of hydrogen-bond donors (Lipinski definition) is 1. The first-order chi connectivity index (χ1) is 11.3. The van der Waals surface area contributed by atoms with Crippen LogP contribution in [0.1, 0.15) is 25.5 Å². The van der Waals surface area contributed by atoms with Gasteiger partial charge in [0, 0.05) is 11.4 Å². The van der Waals surface area contributed by atoms with Crippen LogP contribution in [0.2, 0.25) is 5.02 Å². The van der Waals surface area contributed by atoms with Crippen molar-refractivity contribution in [2.24, 2.45) is 0 Å². The Morgan fingerprint density at radius 2 is 1.96 bits per heavy atom. The van der Waals surface area contributed by atoms with E-state index in [1.165, 1.54) is 12.3 Å². The Kier molecular flexibility index (Phi) is 4.23. The lowest BCUT2D eigenvalue weighted by Gasteiger charge is -2.10. The molecule has 0 spiro atoms. The molecule has 0 radical (unpaired) electrons. The van der Waals surface area contributed by atoms with E-state index in [4.69, 9.17) is 11.6 Å². The van der Waals surface area contributed by atoms with E-state index in [0.29, 0.717) is 11.3 Å². The second kappa shape index (κ2) is 6.07. The predicted molar refractivity (Wildman–Crippen MR) is 94.9 cm³/mol. The van der Waals surface area contributed by atoms with Crippen LogP contribution in [-0.2, 0) is 10.0 Å². The highest BCUT2D eigenvalue weighted by molar-refractivity contribution is 7.92. The summed E-state index contributed by atoms with van der Waals surface area (Å²) in [5, 5.41) is 5.22. The average molecular weight is 365 g/mol. The van der Waals surface area contributed by atoms with E-state index >= 15 is 0 Å². The van der Waals surface area contributed by atoms with E-state index in [1.807, 2.05) is 20.8 Å². The van der Waals surface area contributed by atoms with Crippen LogP contribution in [0.3, 0.4) is 0 Å². The number of anilines is 1. The molecule has 0 saturated carbocycles. The number of hydrogen-bond acceptors (Lipinski definition) is 4. The summed E-state index contributed by atoms with van der Waals surface area (Å²) in [6, 6.07) is 6.68. The zero-order valence-corrected chi connectivity index (χ0v) is 15.1. The van der Waals surface area contributed by atoms with Gasteiger partial charge < -0.3 is 0 Å². The van der Waals surface area contributed by atoms with Crippen molar-refractivity contribution in [1.29, 1.82) is 0 Å². The zero-order chi connectivity index (χ0) is 17.5. The molecule has 0 saturated heterocycles. The fourth-order valence-electron chi connectivity index (χ4n) is 2.41. The second-order valence-corrected chi connectivity index (χ2v) is 7.92. The van der Waals surface area contributed by atoms with Crippen molar-refractivity contribution >= 4 is 38.3 Å². The number of nitrogens with zero attached hydrogens (tertiary/aromatic N) is 3. The van der Waals surface area contributed by atoms with Crippen molar-refractivity contribution in [2.45, 2.75) is 31.7 Å². The molecule has 0 aliphatic carbocycles. The summed E-state index contributed by atoms with van der Waals surface area (Å²) in [5.74, 6) is 0. The first-order valence-electron chi connectivity index (χ1n) is 7.40. The minimum absolute atomic E-state index is 0.0349. The van der Waals surface area contributed by atoms with Gasteiger partial charge >= 0.3 is 0 Å². The van der Waals surface area contributed by atoms with Crippen molar-refractivity contribution in [3.8, 4) is 0 Å². The van der Waals surface area contributed by atoms with Crippen molar-refractivity contribution in [3.05, 3.63) is 47.2 Å². The van der Waals surface area contributed by atoms with Gasteiger partial charge in [0.25, 0.3) is 10.0 Å². The molecule has 126 valence electrons. The highest BCUT2D eigenvalue weighted by Gasteiger charge is 2.19. The Hall–Kier alpha value is -2.12. The Labute approximate surface area is 145 Å². The number of nitrogens with one attached hydrogen (secondary N) is 1. The number of fused-ring (bicyclic) bond motifs is 1. The van der Waals surface area contributed by atoms with Crippen LogP contribution in [0.25, 0.3) is 11.0 Å². The summed E-state index contributed by atoms with van der Waals surface area (Å²) in [4.78, 5) is 4.35. The molecular weight excluding hydrogens is 348 g/mol. The van der Waals surface area contributed by atoms with Crippen LogP contribution < -0.4 is 4.72 Å². The molecule has 0 aliphatic rings. The van der Waals surface area contributed by atoms with Gasteiger partial charge in [-0.15, -0.1) is 0 Å². The van der Waals surface area contributed by atoms with E-state index in [-0.39, 0.29) is 16.0 Å². The van der Waals surface area contributed by atoms with Crippen LogP contribution in [-0.4, -0.2) is 23.2 Å². The lowest BCUT2D eigenvalue weighted by Crippen LogP contribution is -2.13. The summed E-state index contributed by atoms with van der Waals surface area (Å²) in [5.41, 5.74) is 1.96. The van der Waals surface area contributed by atoms with Gasteiger partial charge in [-0.1, -0.05) is 17.7 Å². The van der Waals surface area contributed by atoms with Crippen LogP contribution >= 0.6 is 11.6 Å². The molecule has 0 aliphatic heterocycles. The van der Waals surface area contributed by atoms with Gasteiger partial charge in [-0.3, -0.25) is 4.72 Å². The van der Waals surface area contributed by atoms with Crippen molar-refractivity contribution < 1.29 is 8.42 Å². The summed E-state index contributed by atoms with van der Waals surface area (Å²) >= 11 is 6.07. The molecule has 0 fully saturated rings. The molecule has 0 bridgehead atoms. The number of aryl methyl sites for hydroxylation is 1. The van der Waals surface area contributed by atoms with Gasteiger partial charge in [0.15, 0.2) is 5.65 Å². The maximum atomic E-state index is 12.5. The average Bonchev–Trinajstić information content (AvgIpc) is 2.89. The lowest BCUT2D eigenvalue weighted by molar-refractivity contribution is 0.546. The van der Waals surface area contributed by atoms with E-state index in [1.54, 1.807) is 29.1 Å². The quantitative estimate of drug-likeness (QED) is 0.764. The summed E-state index contributed by atoms with van der Waals surface area (Å²) in [6.45, 7) is 5.86. The van der Waals surface area contributed by atoms with Crippen molar-refractivity contribution in [2.75, 3.05) is 4.72 Å². The summed E-state index contributed by atoms with van der Waals surface area (Å²) < 4.78 is 29.4. The Bertz CT molecular complexity index is 1010. The standard InChI is InChI=1S/C16H17ClN4O2S/c1-10(2)21-16-12(8-19-21)7-13(9-18-16)20-24(22,23)15-5-4-11(3)6-14(15)17/h4-10,20H,1-3H3. The van der Waals surface area contributed by atoms with Crippen LogP contribution in [0.5, 0.6) is 0 Å². The maximum absolute atomic E-state index is 12.5. The van der Waals surface area contributed by atoms with Gasteiger partial charge in [-0.25, -0.2) is 18.1 Å². The molecule has 0 unspecified atom stereocenters. The molecule has 6 nitrogen and oxygen atoms in total. The minimum atomic E-state index is -3.79. The van der Waals surface area contributed by atoms with E-state index < -0.39 is 10.0 Å². The molecule has 0 amide bonds. The highest BCUT2D eigenvalue weighted by atomic mass is 35.5. The van der Waals surface area contributed by atoms with E-state index in [0.717, 1.165) is 10.9 Å². The molecule has 2 aromatic heterocycles. The Morgan fingerprint density at radius 3 is 2.62 bits per heavy atom. The van der Waals surface area contributed by atoms with Gasteiger partial charge in [-0.05, 0) is 44.5 Å². The van der Waals surface area contributed by atoms with E-state index in [9.17, 15) is 8.42 Å². The summed E-state index contributed by atoms with van der Waals surface area (Å²) in [6.07, 6.45) is 3.14. The van der Waals surface area contributed by atoms with Gasteiger partial charge in [-0.2, -0.15) is 5.10 Å². The molecule has 8 heteroatoms. The molecule has 1 N–H and O–H groups in total. The third-order valence-electron chi connectivity index (χ3n) is 3.55.